The number of carbonyl (C=O) groups is 2. The van der Waals surface area contributed by atoms with E-state index in [0.717, 1.165) is 0 Å². The Morgan fingerprint density at radius 1 is 1.05 bits per heavy atom. The number of rotatable bonds is 12. The number of hydrogen-bond donors (Lipinski definition) is 3. The van der Waals surface area contributed by atoms with Crippen LogP contribution in [0.15, 0.2) is 54.6 Å². The normalized spacial score (nSPS) is 13.7. The summed E-state index contributed by atoms with van der Waals surface area (Å²) in [4.78, 5) is 29.6. The molecule has 3 N–H and O–H groups in total. The molecular weight excluding hydrogens is 515 g/mol. The molecule has 1 heterocycles. The van der Waals surface area contributed by atoms with Crippen LogP contribution in [-0.2, 0) is 15.9 Å². The van der Waals surface area contributed by atoms with Gasteiger partial charge in [-0.15, -0.1) is 0 Å². The average Bonchev–Trinajstić information content (AvgIpc) is 2.90. The summed E-state index contributed by atoms with van der Waals surface area (Å²) in [7, 11) is 1.46. The molecule has 0 radical (unpaired) electrons. The molecule has 8 nitrogen and oxygen atoms in total. The average molecular weight is 553 g/mol. The standard InChI is InChI=1S/C31H37FN2O6/c1-19(35)18-40-27-12-9-22(15-28(27)39-6)26(37)13-14-31(5,38)29-17-23(30(3,4)34-20(2)36)16-25(33-29)21-7-10-24(32)11-8-21/h7-12,15-17,19,35,38H,13-14,18H2,1-6H3,(H,34,36)/t19-,31?/m1/s1. The first kappa shape index (κ1) is 30.7. The van der Waals surface area contributed by atoms with Gasteiger partial charge in [-0.2, -0.15) is 0 Å². The van der Waals surface area contributed by atoms with Crippen LogP contribution in [0.3, 0.4) is 0 Å². The number of nitrogens with one attached hydrogen (secondary N) is 1. The molecule has 9 heteroatoms. The number of aromatic nitrogens is 1. The van der Waals surface area contributed by atoms with Gasteiger partial charge >= 0.3 is 0 Å². The minimum absolute atomic E-state index is 0.0108. The van der Waals surface area contributed by atoms with Crippen molar-refractivity contribution in [3.05, 3.63) is 77.2 Å². The van der Waals surface area contributed by atoms with Gasteiger partial charge in [-0.3, -0.25) is 9.59 Å². The summed E-state index contributed by atoms with van der Waals surface area (Å²) in [6.07, 6.45) is -0.585. The number of ether oxygens (including phenoxy) is 2. The number of hydrogen-bond acceptors (Lipinski definition) is 7. The molecule has 0 spiro atoms. The van der Waals surface area contributed by atoms with E-state index >= 15 is 0 Å². The van der Waals surface area contributed by atoms with Crippen molar-refractivity contribution in [2.75, 3.05) is 13.7 Å². The van der Waals surface area contributed by atoms with Crippen LogP contribution in [0.4, 0.5) is 4.39 Å². The maximum atomic E-state index is 13.6. The number of Topliss-reactive ketones (excluding diaryl/α,β-unsaturated/α-hetero) is 1. The maximum Gasteiger partial charge on any atom is 0.217 e. The van der Waals surface area contributed by atoms with Crippen molar-refractivity contribution in [3.63, 3.8) is 0 Å². The van der Waals surface area contributed by atoms with E-state index in [1.54, 1.807) is 56.3 Å². The number of carbonyl (C=O) groups excluding carboxylic acids is 2. The molecule has 0 saturated carbocycles. The molecule has 2 atom stereocenters. The van der Waals surface area contributed by atoms with Gasteiger partial charge in [0.2, 0.25) is 5.91 Å². The summed E-state index contributed by atoms with van der Waals surface area (Å²) in [5, 5.41) is 23.9. The van der Waals surface area contributed by atoms with E-state index in [9.17, 15) is 24.2 Å². The number of amides is 1. The zero-order chi connectivity index (χ0) is 29.7. The van der Waals surface area contributed by atoms with Gasteiger partial charge in [0.15, 0.2) is 17.3 Å². The van der Waals surface area contributed by atoms with E-state index < -0.39 is 17.2 Å². The monoisotopic (exact) mass is 552 g/mol. The predicted octanol–water partition coefficient (Wildman–Crippen LogP) is 4.90. The summed E-state index contributed by atoms with van der Waals surface area (Å²) in [6, 6.07) is 14.1. The number of aliphatic hydroxyl groups excluding tert-OH is 1. The number of aliphatic hydroxyl groups is 2. The van der Waals surface area contributed by atoms with Crippen molar-refractivity contribution in [3.8, 4) is 22.8 Å². The Morgan fingerprint density at radius 2 is 1.73 bits per heavy atom. The first-order chi connectivity index (χ1) is 18.7. The molecule has 0 fully saturated rings. The molecule has 1 unspecified atom stereocenters. The quantitative estimate of drug-likeness (QED) is 0.274. The number of pyridine rings is 1. The lowest BCUT2D eigenvalue weighted by molar-refractivity contribution is -0.120. The summed E-state index contributed by atoms with van der Waals surface area (Å²) < 4.78 is 24.5. The van der Waals surface area contributed by atoms with Gasteiger partial charge in [0, 0.05) is 24.5 Å². The van der Waals surface area contributed by atoms with E-state index in [1.807, 2.05) is 13.8 Å². The van der Waals surface area contributed by atoms with Crippen LogP contribution in [0.25, 0.3) is 11.3 Å². The van der Waals surface area contributed by atoms with Gasteiger partial charge in [-0.1, -0.05) is 0 Å². The summed E-state index contributed by atoms with van der Waals surface area (Å²) in [5.74, 6) is -0.0563. The van der Waals surface area contributed by atoms with Gasteiger partial charge in [-0.25, -0.2) is 9.37 Å². The van der Waals surface area contributed by atoms with Crippen LogP contribution >= 0.6 is 0 Å². The van der Waals surface area contributed by atoms with Gasteiger partial charge in [0.1, 0.15) is 18.0 Å². The Hall–Kier alpha value is -3.82. The van der Waals surface area contributed by atoms with E-state index in [1.165, 1.54) is 26.2 Å². The molecule has 1 aromatic heterocycles. The highest BCUT2D eigenvalue weighted by molar-refractivity contribution is 5.96. The van der Waals surface area contributed by atoms with E-state index in [2.05, 4.69) is 10.3 Å². The minimum Gasteiger partial charge on any atom is -0.493 e. The topological polar surface area (TPSA) is 118 Å². The van der Waals surface area contributed by atoms with Gasteiger partial charge < -0.3 is 25.0 Å². The lowest BCUT2D eigenvalue weighted by Crippen LogP contribution is -2.40. The zero-order valence-corrected chi connectivity index (χ0v) is 23.7. The van der Waals surface area contributed by atoms with Crippen molar-refractivity contribution in [2.45, 2.75) is 64.7 Å². The van der Waals surface area contributed by atoms with Crippen LogP contribution in [0.2, 0.25) is 0 Å². The van der Waals surface area contributed by atoms with E-state index in [4.69, 9.17) is 9.47 Å². The number of methoxy groups -OCH3 is 1. The molecule has 1 amide bonds. The zero-order valence-electron chi connectivity index (χ0n) is 23.7. The van der Waals surface area contributed by atoms with Crippen molar-refractivity contribution < 1.29 is 33.7 Å². The first-order valence-corrected chi connectivity index (χ1v) is 13.0. The lowest BCUT2D eigenvalue weighted by atomic mass is 9.87. The molecule has 3 rings (SSSR count). The molecule has 0 aliphatic rings. The summed E-state index contributed by atoms with van der Waals surface area (Å²) >= 11 is 0. The molecule has 40 heavy (non-hydrogen) atoms. The molecule has 214 valence electrons. The van der Waals surface area contributed by atoms with Crippen molar-refractivity contribution >= 4 is 11.7 Å². The number of nitrogens with zero attached hydrogens (tertiary/aromatic N) is 1. The SMILES string of the molecule is COc1cc(C(=O)CCC(C)(O)c2cc(C(C)(C)NC(C)=O)cc(-c3ccc(F)cc3)n2)ccc1OC[C@@H](C)O. The fourth-order valence-electron chi connectivity index (χ4n) is 4.25. The number of halogens is 1. The Bertz CT molecular complexity index is 1350. The molecule has 0 aliphatic heterocycles. The van der Waals surface area contributed by atoms with Gasteiger partial charge in [0.25, 0.3) is 0 Å². The summed E-state index contributed by atoms with van der Waals surface area (Å²) in [5.41, 5.74) is 0.231. The Balaban J connectivity index is 1.89. The van der Waals surface area contributed by atoms with Crippen LogP contribution < -0.4 is 14.8 Å². The largest absolute Gasteiger partial charge is 0.493 e. The second kappa shape index (κ2) is 12.6. The van der Waals surface area contributed by atoms with Crippen LogP contribution in [-0.4, -0.2) is 46.7 Å². The smallest absolute Gasteiger partial charge is 0.217 e. The molecule has 2 aromatic carbocycles. The van der Waals surface area contributed by atoms with Gasteiger partial charge in [0.05, 0.1) is 30.1 Å². The van der Waals surface area contributed by atoms with E-state index in [0.29, 0.717) is 39.6 Å². The van der Waals surface area contributed by atoms with E-state index in [-0.39, 0.29) is 37.0 Å². The molecule has 0 bridgehead atoms. The summed E-state index contributed by atoms with van der Waals surface area (Å²) in [6.45, 7) is 8.36. The third-order valence-corrected chi connectivity index (χ3v) is 6.53. The Kier molecular flexibility index (Phi) is 9.65. The third-order valence-electron chi connectivity index (χ3n) is 6.53. The Labute approximate surface area is 234 Å². The van der Waals surface area contributed by atoms with Crippen LogP contribution in [0.1, 0.15) is 69.1 Å². The number of ketones is 1. The highest BCUT2D eigenvalue weighted by Crippen LogP contribution is 2.34. The molecule has 0 aliphatic carbocycles. The molecule has 3 aromatic rings. The minimum atomic E-state index is -1.50. The van der Waals surface area contributed by atoms with Crippen LogP contribution in [0, 0.1) is 5.82 Å². The van der Waals surface area contributed by atoms with Crippen molar-refractivity contribution in [2.24, 2.45) is 0 Å². The van der Waals surface area contributed by atoms with Crippen molar-refractivity contribution in [1.82, 2.24) is 10.3 Å². The lowest BCUT2D eigenvalue weighted by Gasteiger charge is -2.30. The second-order valence-electron chi connectivity index (χ2n) is 10.7. The fraction of sp³-hybridized carbons (Fsp3) is 0.387. The van der Waals surface area contributed by atoms with Crippen LogP contribution in [0.5, 0.6) is 11.5 Å². The first-order valence-electron chi connectivity index (χ1n) is 13.0. The second-order valence-corrected chi connectivity index (χ2v) is 10.7. The highest BCUT2D eigenvalue weighted by atomic mass is 19.1. The highest BCUT2D eigenvalue weighted by Gasteiger charge is 2.30. The predicted molar refractivity (Wildman–Crippen MR) is 150 cm³/mol. The fourth-order valence-corrected chi connectivity index (χ4v) is 4.25. The third kappa shape index (κ3) is 7.86. The molecule has 0 saturated heterocycles. The number of benzene rings is 2. The van der Waals surface area contributed by atoms with Gasteiger partial charge in [-0.05, 0) is 94.3 Å². The maximum absolute atomic E-state index is 13.6. The van der Waals surface area contributed by atoms with Crippen molar-refractivity contribution in [1.29, 1.82) is 0 Å². The Morgan fingerprint density at radius 3 is 2.33 bits per heavy atom. The molecular formula is C31H37FN2O6.